The molecular formula is C29H36Cl2N6O3S. The van der Waals surface area contributed by atoms with Gasteiger partial charge in [-0.05, 0) is 55.5 Å². The number of benzene rings is 2. The summed E-state index contributed by atoms with van der Waals surface area (Å²) >= 11 is 18.0. The molecular weight excluding hydrogens is 583 g/mol. The zero-order valence-corrected chi connectivity index (χ0v) is 25.4. The lowest BCUT2D eigenvalue weighted by Gasteiger charge is -2.36. The Hall–Kier alpha value is -2.60. The molecule has 2 aromatic carbocycles. The molecule has 2 atom stereocenters. The number of nitrogens with zero attached hydrogens (tertiary/aromatic N) is 4. The molecule has 2 fully saturated rings. The molecule has 9 nitrogen and oxygen atoms in total. The summed E-state index contributed by atoms with van der Waals surface area (Å²) in [5, 5.41) is 8.14. The van der Waals surface area contributed by atoms with Crippen molar-refractivity contribution in [1.29, 1.82) is 0 Å². The Morgan fingerprint density at radius 1 is 1.12 bits per heavy atom. The van der Waals surface area contributed by atoms with Crippen LogP contribution in [0.4, 0.5) is 5.69 Å². The van der Waals surface area contributed by atoms with E-state index in [-0.39, 0.29) is 6.10 Å². The third-order valence-electron chi connectivity index (χ3n) is 7.21. The first-order chi connectivity index (χ1) is 19.9. The van der Waals surface area contributed by atoms with Gasteiger partial charge in [0.15, 0.2) is 5.11 Å². The minimum absolute atomic E-state index is 0.278. The van der Waals surface area contributed by atoms with Gasteiger partial charge >= 0.3 is 0 Å². The van der Waals surface area contributed by atoms with E-state index in [2.05, 4.69) is 37.6 Å². The number of thiocarbonyl (C=S) groups is 1. The highest BCUT2D eigenvalue weighted by molar-refractivity contribution is 7.80. The van der Waals surface area contributed by atoms with Gasteiger partial charge in [0.1, 0.15) is 18.5 Å². The van der Waals surface area contributed by atoms with Crippen LogP contribution in [0, 0.1) is 0 Å². The summed E-state index contributed by atoms with van der Waals surface area (Å²) in [5.74, 6) is -0.285. The highest BCUT2D eigenvalue weighted by Crippen LogP contribution is 2.40. The number of imidazole rings is 1. The van der Waals surface area contributed by atoms with Crippen molar-refractivity contribution in [1.82, 2.24) is 25.1 Å². The van der Waals surface area contributed by atoms with Gasteiger partial charge in [-0.1, -0.05) is 29.3 Å². The van der Waals surface area contributed by atoms with Gasteiger partial charge in [0.05, 0.1) is 24.5 Å². The van der Waals surface area contributed by atoms with Crippen LogP contribution in [0.3, 0.4) is 0 Å². The number of aromatic nitrogens is 2. The zero-order chi connectivity index (χ0) is 28.7. The van der Waals surface area contributed by atoms with Crippen molar-refractivity contribution < 1.29 is 14.2 Å². The molecule has 41 heavy (non-hydrogen) atoms. The van der Waals surface area contributed by atoms with Gasteiger partial charge in [-0.3, -0.25) is 4.90 Å². The maximum Gasteiger partial charge on any atom is 0.215 e. The number of anilines is 1. The Kier molecular flexibility index (Phi) is 10.2. The molecule has 0 radical (unpaired) electrons. The summed E-state index contributed by atoms with van der Waals surface area (Å²) in [7, 11) is 0. The van der Waals surface area contributed by atoms with Crippen LogP contribution < -0.4 is 20.3 Å². The van der Waals surface area contributed by atoms with Gasteiger partial charge < -0.3 is 34.3 Å². The van der Waals surface area contributed by atoms with E-state index in [1.54, 1.807) is 24.7 Å². The molecule has 3 heterocycles. The standard InChI is InChI=1S/C29H36Cl2N6O3S/c1-2-33-28(41)34-10-12-35-13-15-37(16-14-35)23-4-6-24(7-5-23)38-18-25-19-39-29(40-25,20-36-11-9-32-21-36)26-8-3-22(30)17-27(26)31/h3-9,11,17,21,25H,2,10,12-16,18-20H2,1H3,(H2,33,34,41). The number of halogens is 2. The maximum atomic E-state index is 6.57. The highest BCUT2D eigenvalue weighted by Gasteiger charge is 2.45. The monoisotopic (exact) mass is 618 g/mol. The Labute approximate surface area is 256 Å². The van der Waals surface area contributed by atoms with Gasteiger partial charge in [-0.2, -0.15) is 0 Å². The van der Waals surface area contributed by atoms with E-state index in [0.717, 1.165) is 62.2 Å². The molecule has 2 unspecified atom stereocenters. The number of nitrogens with one attached hydrogen (secondary N) is 2. The van der Waals surface area contributed by atoms with Gasteiger partial charge in [-0.25, -0.2) is 4.98 Å². The minimum atomic E-state index is -1.07. The summed E-state index contributed by atoms with van der Waals surface area (Å²) in [6, 6.07) is 13.6. The fourth-order valence-electron chi connectivity index (χ4n) is 5.10. The lowest BCUT2D eigenvalue weighted by atomic mass is 10.1. The second-order valence-electron chi connectivity index (χ2n) is 10.1. The Morgan fingerprint density at radius 2 is 1.93 bits per heavy atom. The Balaban J connectivity index is 1.12. The predicted molar refractivity (Wildman–Crippen MR) is 166 cm³/mol. The molecule has 1 aromatic heterocycles. The summed E-state index contributed by atoms with van der Waals surface area (Å²) in [6.07, 6.45) is 5.03. The average molecular weight is 620 g/mol. The fraction of sp³-hybridized carbons (Fsp3) is 0.448. The van der Waals surface area contributed by atoms with Gasteiger partial charge in [0, 0.05) is 74.5 Å². The van der Waals surface area contributed by atoms with Crippen molar-refractivity contribution in [3.63, 3.8) is 0 Å². The largest absolute Gasteiger partial charge is 0.491 e. The second kappa shape index (κ2) is 14.0. The first kappa shape index (κ1) is 29.9. The first-order valence-electron chi connectivity index (χ1n) is 13.9. The van der Waals surface area contributed by atoms with E-state index in [0.29, 0.717) is 29.8 Å². The zero-order valence-electron chi connectivity index (χ0n) is 23.1. The van der Waals surface area contributed by atoms with Crippen LogP contribution in [-0.2, 0) is 21.8 Å². The van der Waals surface area contributed by atoms with Crippen molar-refractivity contribution in [2.75, 3.05) is 63.9 Å². The number of hydrogen-bond donors (Lipinski definition) is 2. The average Bonchev–Trinajstić information content (AvgIpc) is 3.63. The summed E-state index contributed by atoms with van der Waals surface area (Å²) in [5.41, 5.74) is 1.91. The topological polar surface area (TPSA) is 76.0 Å². The van der Waals surface area contributed by atoms with Crippen LogP contribution in [0.25, 0.3) is 0 Å². The van der Waals surface area contributed by atoms with Crippen LogP contribution in [0.2, 0.25) is 10.0 Å². The quantitative estimate of drug-likeness (QED) is 0.308. The lowest BCUT2D eigenvalue weighted by molar-refractivity contribution is -0.189. The number of hydrogen-bond acceptors (Lipinski definition) is 7. The molecule has 0 saturated carbocycles. The van der Waals surface area contributed by atoms with Crippen LogP contribution in [-0.4, -0.2) is 84.7 Å². The highest BCUT2D eigenvalue weighted by atomic mass is 35.5. The van der Waals surface area contributed by atoms with Crippen LogP contribution >= 0.6 is 35.4 Å². The molecule has 0 amide bonds. The van der Waals surface area contributed by atoms with Gasteiger partial charge in [-0.15, -0.1) is 0 Å². The summed E-state index contributed by atoms with van der Waals surface area (Å²) in [4.78, 5) is 9.02. The van der Waals surface area contributed by atoms with Crippen molar-refractivity contribution in [3.8, 4) is 5.75 Å². The molecule has 220 valence electrons. The predicted octanol–water partition coefficient (Wildman–Crippen LogP) is 4.14. The molecule has 0 spiro atoms. The number of rotatable bonds is 11. The molecule has 2 aliphatic rings. The summed E-state index contributed by atoms with van der Waals surface area (Å²) < 4.78 is 20.8. The SMILES string of the molecule is CCNC(=S)NCCN1CCN(c2ccc(OCC3COC(Cn4ccnc4)(c4ccc(Cl)cc4Cl)O3)cc2)CC1. The minimum Gasteiger partial charge on any atom is -0.491 e. The molecule has 3 aromatic rings. The second-order valence-corrected chi connectivity index (χ2v) is 11.3. The molecule has 2 aliphatic heterocycles. The van der Waals surface area contributed by atoms with Gasteiger partial charge in [0.2, 0.25) is 5.79 Å². The molecule has 0 aliphatic carbocycles. The van der Waals surface area contributed by atoms with E-state index in [1.165, 1.54) is 5.69 Å². The maximum absolute atomic E-state index is 6.57. The molecule has 5 rings (SSSR count). The van der Waals surface area contributed by atoms with E-state index in [9.17, 15) is 0 Å². The van der Waals surface area contributed by atoms with E-state index in [1.807, 2.05) is 35.9 Å². The molecule has 12 heteroatoms. The Bertz CT molecular complexity index is 1270. The van der Waals surface area contributed by atoms with Crippen LogP contribution in [0.15, 0.2) is 61.2 Å². The van der Waals surface area contributed by atoms with Crippen LogP contribution in [0.5, 0.6) is 5.75 Å². The molecule has 2 saturated heterocycles. The third kappa shape index (κ3) is 7.82. The summed E-state index contributed by atoms with van der Waals surface area (Å²) in [6.45, 7) is 9.83. The van der Waals surface area contributed by atoms with E-state index < -0.39 is 5.79 Å². The molecule has 2 N–H and O–H groups in total. The van der Waals surface area contributed by atoms with E-state index >= 15 is 0 Å². The Morgan fingerprint density at radius 3 is 2.63 bits per heavy atom. The lowest BCUT2D eigenvalue weighted by Crippen LogP contribution is -2.49. The van der Waals surface area contributed by atoms with Crippen molar-refractivity contribution in [2.45, 2.75) is 25.4 Å². The fourth-order valence-corrected chi connectivity index (χ4v) is 5.90. The van der Waals surface area contributed by atoms with Crippen molar-refractivity contribution in [2.24, 2.45) is 0 Å². The van der Waals surface area contributed by atoms with E-state index in [4.69, 9.17) is 49.6 Å². The smallest absolute Gasteiger partial charge is 0.215 e. The third-order valence-corrected chi connectivity index (χ3v) is 8.05. The van der Waals surface area contributed by atoms with Crippen molar-refractivity contribution in [3.05, 3.63) is 76.8 Å². The van der Waals surface area contributed by atoms with Crippen molar-refractivity contribution >= 4 is 46.2 Å². The molecule has 0 bridgehead atoms. The number of piperazine rings is 1. The normalized spacial score (nSPS) is 21.1. The van der Waals surface area contributed by atoms with Gasteiger partial charge in [0.25, 0.3) is 0 Å². The first-order valence-corrected chi connectivity index (χ1v) is 15.1. The number of ether oxygens (including phenoxy) is 3. The van der Waals surface area contributed by atoms with Crippen LogP contribution in [0.1, 0.15) is 12.5 Å².